The van der Waals surface area contributed by atoms with E-state index in [1.807, 2.05) is 24.1 Å². The van der Waals surface area contributed by atoms with E-state index in [-0.39, 0.29) is 30.0 Å². The van der Waals surface area contributed by atoms with E-state index in [1.165, 1.54) is 12.1 Å². The zero-order valence-electron chi connectivity index (χ0n) is 14.2. The Balaban J connectivity index is 1.80. The fourth-order valence-electron chi connectivity index (χ4n) is 3.17. The van der Waals surface area contributed by atoms with Crippen molar-refractivity contribution < 1.29 is 9.18 Å². The Morgan fingerprint density at radius 2 is 2.12 bits per heavy atom. The van der Waals surface area contributed by atoms with Crippen LogP contribution in [-0.4, -0.2) is 22.3 Å². The van der Waals surface area contributed by atoms with E-state index in [1.54, 1.807) is 23.5 Å². The van der Waals surface area contributed by atoms with Crippen LogP contribution in [0.4, 0.5) is 4.39 Å². The van der Waals surface area contributed by atoms with Gasteiger partial charge in [-0.25, -0.2) is 9.37 Å². The number of hydrogen-bond acceptors (Lipinski definition) is 5. The molecule has 1 aliphatic heterocycles. The second-order valence-corrected chi connectivity index (χ2v) is 7.67. The van der Waals surface area contributed by atoms with Crippen molar-refractivity contribution in [3.05, 3.63) is 63.1 Å². The van der Waals surface area contributed by atoms with Crippen molar-refractivity contribution in [2.24, 2.45) is 0 Å². The van der Waals surface area contributed by atoms with Gasteiger partial charge in [0.05, 0.1) is 22.5 Å². The van der Waals surface area contributed by atoms with Crippen molar-refractivity contribution in [1.29, 1.82) is 5.26 Å². The third kappa shape index (κ3) is 3.08. The molecule has 7 heteroatoms. The summed E-state index contributed by atoms with van der Waals surface area (Å²) in [6, 6.07) is 8.05. The minimum Gasteiger partial charge on any atom is -0.351 e. The second kappa shape index (κ2) is 6.54. The van der Waals surface area contributed by atoms with Crippen molar-refractivity contribution in [3.63, 3.8) is 0 Å². The number of amides is 1. The van der Waals surface area contributed by atoms with Gasteiger partial charge in [-0.2, -0.15) is 5.26 Å². The van der Waals surface area contributed by atoms with E-state index >= 15 is 0 Å². The van der Waals surface area contributed by atoms with Crippen molar-refractivity contribution in [2.45, 2.75) is 31.7 Å². The molecule has 1 aliphatic carbocycles. The summed E-state index contributed by atoms with van der Waals surface area (Å²) < 4.78 is 13.4. The molecule has 4 rings (SSSR count). The predicted molar refractivity (Wildman–Crippen MR) is 95.5 cm³/mol. The second-order valence-electron chi connectivity index (χ2n) is 6.58. The zero-order valence-corrected chi connectivity index (χ0v) is 15.0. The van der Waals surface area contributed by atoms with Gasteiger partial charge in [0.1, 0.15) is 17.6 Å². The first-order valence-corrected chi connectivity index (χ1v) is 9.27. The number of halogens is 1. The molecule has 1 amide bonds. The Kier molecular flexibility index (Phi) is 4.21. The van der Waals surface area contributed by atoms with Gasteiger partial charge in [-0.15, -0.1) is 11.3 Å². The maximum Gasteiger partial charge on any atom is 0.244 e. The van der Waals surface area contributed by atoms with Gasteiger partial charge in [0.2, 0.25) is 5.91 Å². The summed E-state index contributed by atoms with van der Waals surface area (Å²) >= 11 is 1.63. The van der Waals surface area contributed by atoms with Gasteiger partial charge in [-0.3, -0.25) is 4.79 Å². The van der Waals surface area contributed by atoms with E-state index in [0.29, 0.717) is 11.6 Å². The minimum absolute atomic E-state index is 0.135. The number of benzene rings is 1. The SMILES string of the molecule is CC1=C(C#N)NC(=O)CN1C(c1ccc(F)cc1)c1cnc(C2CC2)s1. The summed E-state index contributed by atoms with van der Waals surface area (Å²) in [5.41, 5.74) is 1.81. The van der Waals surface area contributed by atoms with Crippen LogP contribution >= 0.6 is 11.3 Å². The number of aromatic nitrogens is 1. The molecule has 1 atom stereocenters. The zero-order chi connectivity index (χ0) is 18.3. The molecule has 2 heterocycles. The van der Waals surface area contributed by atoms with Gasteiger partial charge in [-0.1, -0.05) is 12.1 Å². The Morgan fingerprint density at radius 3 is 2.77 bits per heavy atom. The third-order valence-electron chi connectivity index (χ3n) is 4.72. The van der Waals surface area contributed by atoms with Crippen molar-refractivity contribution in [3.8, 4) is 6.07 Å². The van der Waals surface area contributed by atoms with E-state index in [2.05, 4.69) is 10.3 Å². The average molecular weight is 368 g/mol. The van der Waals surface area contributed by atoms with Crippen LogP contribution in [0.15, 0.2) is 41.9 Å². The van der Waals surface area contributed by atoms with Crippen LogP contribution in [-0.2, 0) is 4.79 Å². The largest absolute Gasteiger partial charge is 0.351 e. The first-order valence-electron chi connectivity index (χ1n) is 8.45. The number of carbonyl (C=O) groups excluding carboxylic acids is 1. The molecule has 26 heavy (non-hydrogen) atoms. The van der Waals surface area contributed by atoms with Crippen LogP contribution in [0, 0.1) is 17.1 Å². The number of rotatable bonds is 4. The number of nitrogens with zero attached hydrogens (tertiary/aromatic N) is 3. The van der Waals surface area contributed by atoms with Gasteiger partial charge < -0.3 is 10.2 Å². The van der Waals surface area contributed by atoms with Gasteiger partial charge in [0.15, 0.2) is 0 Å². The standard InChI is InChI=1S/C19H17FN4OS/c1-11-15(8-21)23-17(25)10-24(11)18(12-4-6-14(20)7-5-12)16-9-22-19(26-16)13-2-3-13/h4-7,9,13,18H,2-3,10H2,1H3,(H,23,25). The lowest BCUT2D eigenvalue weighted by Gasteiger charge is -2.36. The number of allylic oxidation sites excluding steroid dienone is 2. The highest BCUT2D eigenvalue weighted by atomic mass is 32.1. The van der Waals surface area contributed by atoms with Crippen LogP contribution < -0.4 is 5.32 Å². The molecule has 1 fully saturated rings. The number of nitriles is 1. The van der Waals surface area contributed by atoms with Gasteiger partial charge >= 0.3 is 0 Å². The van der Waals surface area contributed by atoms with Crippen molar-refractivity contribution >= 4 is 17.2 Å². The molecule has 1 aromatic carbocycles. The molecule has 2 aromatic rings. The minimum atomic E-state index is -0.308. The number of nitrogens with one attached hydrogen (secondary N) is 1. The molecular weight excluding hydrogens is 351 g/mol. The van der Waals surface area contributed by atoms with Gasteiger partial charge in [-0.05, 0) is 37.5 Å². The summed E-state index contributed by atoms with van der Waals surface area (Å²) in [6.45, 7) is 1.95. The topological polar surface area (TPSA) is 69.0 Å². The lowest BCUT2D eigenvalue weighted by Crippen LogP contribution is -2.44. The quantitative estimate of drug-likeness (QED) is 0.898. The molecule has 0 saturated heterocycles. The van der Waals surface area contributed by atoms with Crippen LogP contribution in [0.3, 0.4) is 0 Å². The lowest BCUT2D eigenvalue weighted by molar-refractivity contribution is -0.122. The molecular formula is C19H17FN4OS. The summed E-state index contributed by atoms with van der Waals surface area (Å²) in [6.07, 6.45) is 4.17. The molecule has 0 radical (unpaired) electrons. The molecule has 1 aromatic heterocycles. The van der Waals surface area contributed by atoms with Gasteiger partial charge in [0, 0.05) is 17.8 Å². The number of carbonyl (C=O) groups is 1. The van der Waals surface area contributed by atoms with Crippen LogP contribution in [0.1, 0.15) is 47.2 Å². The Hall–Kier alpha value is -2.72. The highest BCUT2D eigenvalue weighted by Gasteiger charge is 2.33. The molecule has 1 N–H and O–H groups in total. The predicted octanol–water partition coefficient (Wildman–Crippen LogP) is 3.44. The van der Waals surface area contributed by atoms with Crippen molar-refractivity contribution in [1.82, 2.24) is 15.2 Å². The van der Waals surface area contributed by atoms with Gasteiger partial charge in [0.25, 0.3) is 0 Å². The Labute approximate surface area is 154 Å². The molecule has 2 aliphatic rings. The maximum absolute atomic E-state index is 13.4. The van der Waals surface area contributed by atoms with E-state index in [0.717, 1.165) is 28.3 Å². The molecule has 5 nitrogen and oxygen atoms in total. The normalized spacial score (nSPS) is 18.5. The highest BCUT2D eigenvalue weighted by molar-refractivity contribution is 7.11. The first kappa shape index (κ1) is 16.7. The number of thiazole rings is 1. The lowest BCUT2D eigenvalue weighted by atomic mass is 10.0. The summed E-state index contributed by atoms with van der Waals surface area (Å²) in [4.78, 5) is 19.6. The molecule has 0 bridgehead atoms. The van der Waals surface area contributed by atoms with Crippen molar-refractivity contribution in [2.75, 3.05) is 6.54 Å². The van der Waals surface area contributed by atoms with Crippen LogP contribution in [0.25, 0.3) is 0 Å². The smallest absolute Gasteiger partial charge is 0.244 e. The van der Waals surface area contributed by atoms with E-state index in [9.17, 15) is 14.4 Å². The number of hydrogen-bond donors (Lipinski definition) is 1. The summed E-state index contributed by atoms with van der Waals surface area (Å²) in [7, 11) is 0. The highest BCUT2D eigenvalue weighted by Crippen LogP contribution is 2.44. The third-order valence-corrected chi connectivity index (χ3v) is 5.93. The molecule has 132 valence electrons. The van der Waals surface area contributed by atoms with E-state index in [4.69, 9.17) is 0 Å². The Bertz CT molecular complexity index is 924. The van der Waals surface area contributed by atoms with Crippen LogP contribution in [0.2, 0.25) is 0 Å². The molecule has 0 spiro atoms. The summed E-state index contributed by atoms with van der Waals surface area (Å²) in [5.74, 6) is 0.00149. The maximum atomic E-state index is 13.4. The average Bonchev–Trinajstić information content (AvgIpc) is 3.38. The van der Waals surface area contributed by atoms with Crippen LogP contribution in [0.5, 0.6) is 0 Å². The first-order chi connectivity index (χ1) is 12.6. The molecule has 1 unspecified atom stereocenters. The Morgan fingerprint density at radius 1 is 1.38 bits per heavy atom. The fourth-order valence-corrected chi connectivity index (χ4v) is 4.40. The summed E-state index contributed by atoms with van der Waals surface area (Å²) in [5, 5.41) is 13.1. The molecule has 1 saturated carbocycles. The monoisotopic (exact) mass is 368 g/mol. The fraction of sp³-hybridized carbons (Fsp3) is 0.316. The van der Waals surface area contributed by atoms with E-state index < -0.39 is 0 Å².